The number of carbonyl (C=O) groups is 1. The minimum absolute atomic E-state index is 0.178. The van der Waals surface area contributed by atoms with Crippen LogP contribution in [0.15, 0.2) is 47.4 Å². The SMILES string of the molecule is CC[n+]1c(C)sc2ccc(C(=O)O)cc21.Cc1ccc(S(=O)(=O)[O-])cc1. The minimum atomic E-state index is -4.27. The molecule has 3 aromatic rings. The second-order valence-electron chi connectivity index (χ2n) is 5.62. The topological polar surface area (TPSA) is 98.4 Å². The van der Waals surface area contributed by atoms with E-state index in [2.05, 4.69) is 18.4 Å². The van der Waals surface area contributed by atoms with E-state index in [1.165, 1.54) is 17.1 Å². The molecule has 0 saturated heterocycles. The lowest BCUT2D eigenvalue weighted by atomic mass is 10.2. The van der Waals surface area contributed by atoms with Crippen LogP contribution in [-0.4, -0.2) is 24.0 Å². The number of thiazole rings is 1. The van der Waals surface area contributed by atoms with E-state index in [0.717, 1.165) is 22.3 Å². The zero-order chi connectivity index (χ0) is 19.5. The second kappa shape index (κ2) is 7.94. The first-order valence-corrected chi connectivity index (χ1v) is 10.0. The van der Waals surface area contributed by atoms with E-state index in [4.69, 9.17) is 5.11 Å². The van der Waals surface area contributed by atoms with Crippen LogP contribution in [0.2, 0.25) is 0 Å². The van der Waals surface area contributed by atoms with Gasteiger partial charge in [0.25, 0.3) is 0 Å². The fourth-order valence-corrected chi connectivity index (χ4v) is 3.96. The van der Waals surface area contributed by atoms with Gasteiger partial charge in [0.15, 0.2) is 0 Å². The van der Waals surface area contributed by atoms with Gasteiger partial charge >= 0.3 is 5.97 Å². The van der Waals surface area contributed by atoms with E-state index in [1.807, 2.05) is 13.0 Å². The van der Waals surface area contributed by atoms with E-state index in [0.29, 0.717) is 5.56 Å². The van der Waals surface area contributed by atoms with Crippen LogP contribution in [0, 0.1) is 13.8 Å². The number of aromatic carboxylic acids is 1. The number of aryl methyl sites for hydroxylation is 3. The van der Waals surface area contributed by atoms with Crippen LogP contribution < -0.4 is 4.57 Å². The van der Waals surface area contributed by atoms with Crippen molar-refractivity contribution in [2.45, 2.75) is 32.2 Å². The van der Waals surface area contributed by atoms with Gasteiger partial charge in [0.2, 0.25) is 10.5 Å². The highest BCUT2D eigenvalue weighted by atomic mass is 32.2. The molecule has 8 heteroatoms. The lowest BCUT2D eigenvalue weighted by Crippen LogP contribution is -2.33. The summed E-state index contributed by atoms with van der Waals surface area (Å²) >= 11 is 1.69. The summed E-state index contributed by atoms with van der Waals surface area (Å²) in [5, 5.41) is 10.1. The number of nitrogens with zero attached hydrogens (tertiary/aromatic N) is 1. The van der Waals surface area contributed by atoms with Crippen molar-refractivity contribution < 1.29 is 27.4 Å². The van der Waals surface area contributed by atoms with Gasteiger partial charge in [0, 0.05) is 13.0 Å². The molecule has 0 spiro atoms. The van der Waals surface area contributed by atoms with Gasteiger partial charge in [-0.05, 0) is 38.1 Å². The lowest BCUT2D eigenvalue weighted by molar-refractivity contribution is -0.669. The van der Waals surface area contributed by atoms with Gasteiger partial charge in [0.05, 0.1) is 10.5 Å². The molecule has 0 bridgehead atoms. The van der Waals surface area contributed by atoms with Crippen molar-refractivity contribution in [3.8, 4) is 0 Å². The molecule has 0 radical (unpaired) electrons. The Balaban J connectivity index is 0.000000197. The summed E-state index contributed by atoms with van der Waals surface area (Å²) in [5.74, 6) is -0.872. The predicted molar refractivity (Wildman–Crippen MR) is 98.5 cm³/mol. The van der Waals surface area contributed by atoms with Crippen molar-refractivity contribution in [1.29, 1.82) is 0 Å². The molecule has 3 rings (SSSR count). The average molecular weight is 393 g/mol. The van der Waals surface area contributed by atoms with Crippen LogP contribution in [0.3, 0.4) is 0 Å². The monoisotopic (exact) mass is 393 g/mol. The van der Waals surface area contributed by atoms with Crippen LogP contribution in [0.5, 0.6) is 0 Å². The minimum Gasteiger partial charge on any atom is -0.744 e. The van der Waals surface area contributed by atoms with Gasteiger partial charge in [-0.1, -0.05) is 29.0 Å². The molecule has 0 saturated carbocycles. The maximum atomic E-state index is 10.8. The van der Waals surface area contributed by atoms with E-state index in [1.54, 1.807) is 35.6 Å². The molecule has 0 fully saturated rings. The number of rotatable bonds is 3. The summed E-state index contributed by atoms with van der Waals surface area (Å²) < 4.78 is 34.4. The van der Waals surface area contributed by atoms with Gasteiger partial charge in [0.1, 0.15) is 21.4 Å². The van der Waals surface area contributed by atoms with E-state index < -0.39 is 16.1 Å². The molecular weight excluding hydrogens is 374 g/mol. The highest BCUT2D eigenvalue weighted by Gasteiger charge is 2.17. The third kappa shape index (κ3) is 4.66. The Hall–Kier alpha value is -2.29. The standard InChI is InChI=1S/C11H11NO2S.C7H8O3S/c1-3-12-7(2)15-10-5-4-8(11(13)14)6-9(10)12;1-6-2-4-7(5-3-6)11(8,9)10/h4-6H,3H2,1-2H3;2-5H,1H3,(H,8,9,10). The summed E-state index contributed by atoms with van der Waals surface area (Å²) in [5.41, 5.74) is 2.29. The number of hydrogen-bond acceptors (Lipinski definition) is 5. The van der Waals surface area contributed by atoms with Crippen molar-refractivity contribution in [3.05, 3.63) is 58.6 Å². The first-order chi connectivity index (χ1) is 12.1. The van der Waals surface area contributed by atoms with Crippen LogP contribution in [0.4, 0.5) is 0 Å². The summed E-state index contributed by atoms with van der Waals surface area (Å²) in [4.78, 5) is 10.7. The second-order valence-corrected chi connectivity index (χ2v) is 8.23. The summed E-state index contributed by atoms with van der Waals surface area (Å²) in [7, 11) is -4.27. The largest absolute Gasteiger partial charge is 0.744 e. The predicted octanol–water partition coefficient (Wildman–Crippen LogP) is 3.11. The van der Waals surface area contributed by atoms with Crippen molar-refractivity contribution in [2.24, 2.45) is 0 Å². The fourth-order valence-electron chi connectivity index (χ4n) is 2.43. The normalized spacial score (nSPS) is 11.1. The Bertz CT molecular complexity index is 1040. The highest BCUT2D eigenvalue weighted by Crippen LogP contribution is 2.21. The third-order valence-corrected chi connectivity index (χ3v) is 5.69. The maximum Gasteiger partial charge on any atom is 0.335 e. The van der Waals surface area contributed by atoms with Gasteiger partial charge in [-0.25, -0.2) is 13.2 Å². The van der Waals surface area contributed by atoms with Gasteiger partial charge in [-0.3, -0.25) is 0 Å². The molecule has 1 aromatic heterocycles. The Morgan fingerprint density at radius 2 is 1.77 bits per heavy atom. The Labute approximate surface area is 156 Å². The van der Waals surface area contributed by atoms with Crippen molar-refractivity contribution in [2.75, 3.05) is 0 Å². The first kappa shape index (κ1) is 20.0. The number of fused-ring (bicyclic) bond motifs is 1. The number of hydrogen-bond donors (Lipinski definition) is 1. The summed E-state index contributed by atoms with van der Waals surface area (Å²) in [6.07, 6.45) is 0. The molecule has 0 aliphatic carbocycles. The molecule has 138 valence electrons. The Morgan fingerprint density at radius 1 is 1.15 bits per heavy atom. The Morgan fingerprint density at radius 3 is 2.27 bits per heavy atom. The molecule has 0 amide bonds. The number of carboxylic acid groups (broad SMARTS) is 1. The van der Waals surface area contributed by atoms with Crippen molar-refractivity contribution >= 4 is 37.6 Å². The maximum absolute atomic E-state index is 10.8. The molecule has 0 atom stereocenters. The molecule has 0 unspecified atom stereocenters. The molecule has 1 N–H and O–H groups in total. The fraction of sp³-hybridized carbons (Fsp3) is 0.222. The van der Waals surface area contributed by atoms with Crippen LogP contribution in [0.1, 0.15) is 27.9 Å². The van der Waals surface area contributed by atoms with E-state index in [-0.39, 0.29) is 4.90 Å². The van der Waals surface area contributed by atoms with Crippen LogP contribution in [-0.2, 0) is 16.7 Å². The van der Waals surface area contributed by atoms with Gasteiger partial charge in [-0.15, -0.1) is 0 Å². The molecule has 6 nitrogen and oxygen atoms in total. The third-order valence-electron chi connectivity index (χ3n) is 3.76. The van der Waals surface area contributed by atoms with Gasteiger partial charge < -0.3 is 9.66 Å². The highest BCUT2D eigenvalue weighted by molar-refractivity contribution is 7.85. The van der Waals surface area contributed by atoms with Crippen LogP contribution in [0.25, 0.3) is 10.2 Å². The zero-order valence-electron chi connectivity index (χ0n) is 14.6. The molecule has 26 heavy (non-hydrogen) atoms. The smallest absolute Gasteiger partial charge is 0.335 e. The summed E-state index contributed by atoms with van der Waals surface area (Å²) in [6.45, 7) is 6.80. The number of carboxylic acids is 1. The number of benzene rings is 2. The van der Waals surface area contributed by atoms with E-state index >= 15 is 0 Å². The Kier molecular flexibility index (Phi) is 6.12. The average Bonchev–Trinajstić information content (AvgIpc) is 2.89. The van der Waals surface area contributed by atoms with E-state index in [9.17, 15) is 17.8 Å². The molecule has 2 aromatic carbocycles. The first-order valence-electron chi connectivity index (χ1n) is 7.82. The zero-order valence-corrected chi connectivity index (χ0v) is 16.2. The molecule has 0 aliphatic rings. The van der Waals surface area contributed by atoms with Gasteiger partial charge in [-0.2, -0.15) is 4.57 Å². The quantitative estimate of drug-likeness (QED) is 0.544. The molecule has 1 heterocycles. The van der Waals surface area contributed by atoms with Crippen molar-refractivity contribution in [1.82, 2.24) is 0 Å². The molecule has 0 aliphatic heterocycles. The van der Waals surface area contributed by atoms with Crippen molar-refractivity contribution in [3.63, 3.8) is 0 Å². The van der Waals surface area contributed by atoms with Crippen LogP contribution >= 0.6 is 11.3 Å². The lowest BCUT2D eigenvalue weighted by Gasteiger charge is -2.05. The summed E-state index contributed by atoms with van der Waals surface area (Å²) in [6, 6.07) is 11.1. The molecular formula is C18H19NO5S2. The number of aromatic nitrogens is 1.